The molecule has 0 aromatic carbocycles. The first-order chi connectivity index (χ1) is 37.0. The topological polar surface area (TPSA) is 419 Å². The minimum atomic E-state index is -5.10. The Hall–Kier alpha value is -0.600. The minimum absolute atomic E-state index is 0. The summed E-state index contributed by atoms with van der Waals surface area (Å²) >= 11 is 0. The molecule has 9 aliphatic rings. The summed E-state index contributed by atoms with van der Waals surface area (Å²) < 4.78 is 102. The van der Waals surface area contributed by atoms with E-state index in [-0.39, 0.29) is 71.4 Å². The van der Waals surface area contributed by atoms with Gasteiger partial charge in [0, 0.05) is 5.92 Å². The van der Waals surface area contributed by atoms with Crippen LogP contribution in [0.1, 0.15) is 93.4 Å². The number of rotatable bonds is 14. The Balaban J connectivity index is 0.00000841. The number of hydrogen-bond acceptors (Lipinski definition) is 27. The first-order valence-electron chi connectivity index (χ1n) is 27.5. The number of ether oxygens (including phenoxy) is 10. The zero-order valence-corrected chi connectivity index (χ0v) is 48.8. The predicted molar refractivity (Wildman–Crippen MR) is 259 cm³/mol. The molecule has 0 radical (unpaired) electrons. The van der Waals surface area contributed by atoms with E-state index in [1.54, 1.807) is 6.92 Å². The molecule has 80 heavy (non-hydrogen) atoms. The molecular weight excluding hydrogens is 1100 g/mol. The van der Waals surface area contributed by atoms with Crippen LogP contribution in [0.2, 0.25) is 0 Å². The largest absolute Gasteiger partial charge is 1.00 e. The van der Waals surface area contributed by atoms with E-state index >= 15 is 0 Å². The normalized spacial score (nSPS) is 53.6. The van der Waals surface area contributed by atoms with Gasteiger partial charge in [0.2, 0.25) is 10.4 Å². The summed E-state index contributed by atoms with van der Waals surface area (Å²) in [6.07, 6.45) is -38.6. The second-order valence-electron chi connectivity index (χ2n) is 24.0. The van der Waals surface area contributed by atoms with Gasteiger partial charge in [-0.25, -0.2) is 8.42 Å². The van der Waals surface area contributed by atoms with Crippen LogP contribution in [0.3, 0.4) is 0 Å². The van der Waals surface area contributed by atoms with Crippen LogP contribution >= 0.6 is 0 Å². The third-order valence-corrected chi connectivity index (χ3v) is 19.7. The van der Waals surface area contributed by atoms with Gasteiger partial charge in [0.1, 0.15) is 103 Å². The molecule has 0 aromatic rings. The molecule has 33 atom stereocenters. The molecule has 5 heterocycles. The molecule has 29 unspecified atom stereocenters. The third kappa shape index (κ3) is 12.3. The van der Waals surface area contributed by atoms with Crippen molar-refractivity contribution in [3.05, 3.63) is 11.6 Å². The van der Waals surface area contributed by atoms with Gasteiger partial charge in [0.25, 0.3) is 0 Å². The Labute approximate surface area is 485 Å². The number of hydrogen-bond donors (Lipinski definition) is 12. The fraction of sp³-hybridized carbons (Fsp3) is 0.941. The van der Waals surface area contributed by atoms with Gasteiger partial charge in [-0.3, -0.25) is 8.98 Å². The van der Waals surface area contributed by atoms with Crippen molar-refractivity contribution in [1.82, 2.24) is 0 Å². The van der Waals surface area contributed by atoms with Gasteiger partial charge in [-0.1, -0.05) is 25.5 Å². The number of ketones is 1. The number of Topliss-reactive ketones (excluding diaryl/α,β-unsaturated/α-hetero) is 1. The quantitative estimate of drug-likeness (QED) is 0.0333. The van der Waals surface area contributed by atoms with E-state index in [1.165, 1.54) is 27.7 Å². The molecule has 0 amide bonds. The molecule has 8 fully saturated rings. The molecule has 4 aliphatic carbocycles. The van der Waals surface area contributed by atoms with Crippen molar-refractivity contribution in [2.24, 2.45) is 34.5 Å². The van der Waals surface area contributed by atoms with Gasteiger partial charge in [-0.2, -0.15) is 0 Å². The van der Waals surface area contributed by atoms with Crippen molar-refractivity contribution in [2.45, 2.75) is 259 Å². The van der Waals surface area contributed by atoms with Gasteiger partial charge >= 0.3 is 29.6 Å². The second kappa shape index (κ2) is 25.2. The van der Waals surface area contributed by atoms with E-state index < -0.39 is 194 Å². The average molecular weight is 1180 g/mol. The molecule has 0 bridgehead atoms. The van der Waals surface area contributed by atoms with Crippen molar-refractivity contribution >= 4 is 16.2 Å². The smallest absolute Gasteiger partial charge is 0.726 e. The van der Waals surface area contributed by atoms with E-state index in [9.17, 15) is 79.0 Å². The van der Waals surface area contributed by atoms with Crippen LogP contribution in [-0.2, 0) is 66.7 Å². The number of allylic oxidation sites excluding steroid dienone is 2. The van der Waals surface area contributed by atoms with E-state index in [0.717, 1.165) is 12.0 Å². The van der Waals surface area contributed by atoms with Crippen LogP contribution in [0.5, 0.6) is 0 Å². The predicted octanol–water partition coefficient (Wildman–Crippen LogP) is -6.79. The summed E-state index contributed by atoms with van der Waals surface area (Å²) in [6.45, 7) is 10.6. The second-order valence-corrected chi connectivity index (χ2v) is 25.0. The van der Waals surface area contributed by atoms with Crippen LogP contribution in [0.15, 0.2) is 11.6 Å². The number of aliphatic hydroxyl groups excluding tert-OH is 12. The summed E-state index contributed by atoms with van der Waals surface area (Å²) in [5, 5.41) is 133. The van der Waals surface area contributed by atoms with Crippen LogP contribution < -0.4 is 29.6 Å². The molecule has 0 spiro atoms. The van der Waals surface area contributed by atoms with E-state index in [1.807, 2.05) is 0 Å². The summed E-state index contributed by atoms with van der Waals surface area (Å²) in [7, 11) is -5.10. The molecular formula is C51H81NaO27S. The van der Waals surface area contributed by atoms with Crippen LogP contribution in [0.4, 0.5) is 0 Å². The Morgan fingerprint density at radius 1 is 0.588 bits per heavy atom. The van der Waals surface area contributed by atoms with Crippen LogP contribution in [0.25, 0.3) is 0 Å². The van der Waals surface area contributed by atoms with Crippen molar-refractivity contribution in [3.63, 3.8) is 0 Å². The number of carbonyl (C=O) groups excluding carboxylic acids is 1. The first-order valence-corrected chi connectivity index (χ1v) is 28.8. The maximum atomic E-state index is 13.0. The summed E-state index contributed by atoms with van der Waals surface area (Å²) in [5.41, 5.74) is 0.193. The number of carbonyl (C=O) groups is 1. The fourth-order valence-corrected chi connectivity index (χ4v) is 15.1. The molecule has 5 saturated heterocycles. The molecule has 3 saturated carbocycles. The van der Waals surface area contributed by atoms with Crippen LogP contribution in [0, 0.1) is 34.5 Å². The molecule has 9 rings (SSSR count). The Kier molecular flexibility index (Phi) is 20.6. The van der Waals surface area contributed by atoms with E-state index in [0.29, 0.717) is 25.7 Å². The molecule has 5 aliphatic heterocycles. The maximum Gasteiger partial charge on any atom is 1.00 e. The minimum Gasteiger partial charge on any atom is -0.726 e. The SMILES string of the molecule is CC(=O)C1CCC2C3C[C@H](OC4OC(C)C(O)C(OC5OC(C)C(OC6OC(CO)C(O)C(O)C6OC6OC(C)C(O)C(O)C6O)C(O)C5OC5OC(C)C(O)C(O)C5O)C4O)[C@H]4CC(OS(=O)(=O)[O-])CC[C@]4(C)C3=CC[C@]12C.[Na+]. The van der Waals surface area contributed by atoms with Crippen molar-refractivity contribution in [3.8, 4) is 0 Å². The van der Waals surface area contributed by atoms with Gasteiger partial charge in [0.15, 0.2) is 31.5 Å². The molecule has 12 N–H and O–H groups in total. The standard InChI is InChI=1S/C51H82O27S.Na/c1-17(53)24-8-9-25-23-15-28(27-14-22(78-79(65,66)67)10-12-51(27,7)26(23)11-13-50(24,25)6)72-47-40(64)42(32(56)20(4)70-47)75-48-44(77-46-38(62)35(59)31(55)19(3)69-46)39(63)41(21(5)71-48)74-49-43(36(60)33(57)29(16-52)73-49)76-45-37(61)34(58)30(54)18(2)68-45;/h11,18-25,27-49,52,54-64H,8-10,12-16H2,1-7H3,(H,65,66,67);/q;+1/p-1/t18?,19?,20?,21?,22?,23?,24?,25?,27-,28+,29?,30?,31?,32?,33?,34?,35?,36?,37?,38?,39?,40?,41?,42?,43?,44?,45?,46?,47?,48?,49?,50-,51-;/m1./s1. The van der Waals surface area contributed by atoms with Gasteiger partial charge in [0.05, 0.1) is 43.2 Å². The first kappa shape index (κ1) is 65.4. The van der Waals surface area contributed by atoms with Crippen molar-refractivity contribution < 1.29 is 160 Å². The summed E-state index contributed by atoms with van der Waals surface area (Å²) in [6, 6.07) is 0. The van der Waals surface area contributed by atoms with E-state index in [4.69, 9.17) is 51.6 Å². The Morgan fingerprint density at radius 3 is 1.66 bits per heavy atom. The number of aliphatic hydroxyl groups is 12. The Bertz CT molecular complexity index is 2270. The monoisotopic (exact) mass is 1180 g/mol. The zero-order chi connectivity index (χ0) is 57.7. The zero-order valence-electron chi connectivity index (χ0n) is 46.0. The molecule has 27 nitrogen and oxygen atoms in total. The summed E-state index contributed by atoms with van der Waals surface area (Å²) in [4.78, 5) is 13.0. The van der Waals surface area contributed by atoms with Crippen molar-refractivity contribution in [2.75, 3.05) is 6.61 Å². The summed E-state index contributed by atoms with van der Waals surface area (Å²) in [5.74, 6) is -0.583. The van der Waals surface area contributed by atoms with Gasteiger partial charge in [-0.05, 0) is 108 Å². The molecule has 0 aromatic heterocycles. The fourth-order valence-electron chi connectivity index (χ4n) is 14.6. The van der Waals surface area contributed by atoms with Gasteiger partial charge in [-0.15, -0.1) is 0 Å². The van der Waals surface area contributed by atoms with E-state index in [2.05, 4.69) is 19.9 Å². The van der Waals surface area contributed by atoms with Crippen molar-refractivity contribution in [1.29, 1.82) is 0 Å². The Morgan fingerprint density at radius 2 is 1.10 bits per heavy atom. The molecule has 454 valence electrons. The third-order valence-electron chi connectivity index (χ3n) is 19.2. The molecule has 29 heteroatoms. The van der Waals surface area contributed by atoms with Gasteiger partial charge < -0.3 is 113 Å². The average Bonchev–Trinajstić information content (AvgIpc) is 3.75. The van der Waals surface area contributed by atoms with Crippen LogP contribution in [-0.4, -0.2) is 252 Å². The number of fused-ring (bicyclic) bond motifs is 5. The maximum absolute atomic E-state index is 13.0.